The number of rotatable bonds is 2. The van der Waals surface area contributed by atoms with E-state index in [2.05, 4.69) is 4.98 Å². The van der Waals surface area contributed by atoms with Gasteiger partial charge in [-0.3, -0.25) is 0 Å². The Bertz CT molecular complexity index is 1430. The van der Waals surface area contributed by atoms with Crippen LogP contribution in [0.1, 0.15) is 11.1 Å². The molecular weight excluding hydrogens is 408 g/mol. The number of hydrogen-bond donors (Lipinski definition) is 0. The normalized spacial score (nSPS) is 13.4. The van der Waals surface area contributed by atoms with Gasteiger partial charge in [0.05, 0.1) is 4.90 Å². The van der Waals surface area contributed by atoms with Gasteiger partial charge >= 0.3 is 0 Å². The largest absolute Gasteiger partial charge is 0.370 e. The van der Waals surface area contributed by atoms with Crippen LogP contribution < -0.4 is 4.90 Å². The Balaban J connectivity index is 1.81. The quantitative estimate of drug-likeness (QED) is 0.475. The second-order valence-corrected chi connectivity index (χ2v) is 9.28. The van der Waals surface area contributed by atoms with Gasteiger partial charge in [0.2, 0.25) is 0 Å². The van der Waals surface area contributed by atoms with E-state index in [4.69, 9.17) is 0 Å². The number of aryl methyl sites for hydroxylation is 1. The maximum Gasteiger partial charge on any atom is 0.269 e. The molecule has 4 aromatic rings. The van der Waals surface area contributed by atoms with Crippen LogP contribution >= 0.6 is 0 Å². The molecule has 5 rings (SSSR count). The monoisotopic (exact) mass is 425 g/mol. The number of halogens is 2. The van der Waals surface area contributed by atoms with Crippen molar-refractivity contribution in [3.8, 4) is 11.1 Å². The van der Waals surface area contributed by atoms with Crippen LogP contribution in [0.25, 0.3) is 22.2 Å². The molecule has 2 aromatic carbocycles. The van der Waals surface area contributed by atoms with Crippen LogP contribution in [-0.2, 0) is 16.6 Å². The van der Waals surface area contributed by atoms with Crippen LogP contribution in [0.5, 0.6) is 0 Å². The lowest BCUT2D eigenvalue weighted by Crippen LogP contribution is -2.17. The van der Waals surface area contributed by atoms with Gasteiger partial charge in [-0.2, -0.15) is 0 Å². The third-order valence-corrected chi connectivity index (χ3v) is 7.12. The molecule has 0 saturated carbocycles. The summed E-state index contributed by atoms with van der Waals surface area (Å²) in [5, 5.41) is 0.616. The fourth-order valence-corrected chi connectivity index (χ4v) is 5.30. The van der Waals surface area contributed by atoms with Crippen molar-refractivity contribution >= 4 is 26.7 Å². The lowest BCUT2D eigenvalue weighted by molar-refractivity contribution is 0.509. The molecule has 0 unspecified atom stereocenters. The lowest BCUT2D eigenvalue weighted by atomic mass is 10.0. The average molecular weight is 425 g/mol. The summed E-state index contributed by atoms with van der Waals surface area (Å²) in [4.78, 5) is 6.26. The van der Waals surface area contributed by atoms with Gasteiger partial charge in [0.15, 0.2) is 17.3 Å². The van der Waals surface area contributed by atoms with Gasteiger partial charge in [-0.15, -0.1) is 0 Å². The van der Waals surface area contributed by atoms with Gasteiger partial charge < -0.3 is 4.90 Å². The van der Waals surface area contributed by atoms with Crippen molar-refractivity contribution in [2.45, 2.75) is 18.4 Å². The minimum absolute atomic E-state index is 0.155. The number of pyridine rings is 1. The fourth-order valence-electron chi connectivity index (χ4n) is 3.96. The molecule has 0 radical (unpaired) electrons. The van der Waals surface area contributed by atoms with Crippen molar-refractivity contribution in [1.82, 2.24) is 8.96 Å². The van der Waals surface area contributed by atoms with Crippen molar-refractivity contribution < 1.29 is 17.2 Å². The van der Waals surface area contributed by atoms with E-state index in [0.717, 1.165) is 11.6 Å². The molecule has 0 amide bonds. The molecule has 0 fully saturated rings. The maximum absolute atomic E-state index is 14.1. The molecule has 30 heavy (non-hydrogen) atoms. The number of nitrogens with zero attached hydrogens (tertiary/aromatic N) is 3. The van der Waals surface area contributed by atoms with Gasteiger partial charge in [0, 0.05) is 54.3 Å². The molecule has 1 aliphatic heterocycles. The Morgan fingerprint density at radius 2 is 1.70 bits per heavy atom. The predicted octanol–water partition coefficient (Wildman–Crippen LogP) is 4.48. The Kier molecular flexibility index (Phi) is 3.98. The molecule has 152 valence electrons. The molecule has 0 atom stereocenters. The minimum atomic E-state index is -3.88. The van der Waals surface area contributed by atoms with Crippen molar-refractivity contribution in [2.75, 3.05) is 11.9 Å². The Morgan fingerprint density at radius 3 is 2.43 bits per heavy atom. The van der Waals surface area contributed by atoms with Crippen LogP contribution in [0.3, 0.4) is 0 Å². The topological polar surface area (TPSA) is 55.2 Å². The van der Waals surface area contributed by atoms with Gasteiger partial charge in [-0.25, -0.2) is 26.2 Å². The summed E-state index contributed by atoms with van der Waals surface area (Å²) in [7, 11) is -2.12. The van der Waals surface area contributed by atoms with Crippen molar-refractivity contribution in [1.29, 1.82) is 0 Å². The van der Waals surface area contributed by atoms with Gasteiger partial charge in [0.25, 0.3) is 10.0 Å². The summed E-state index contributed by atoms with van der Waals surface area (Å²) in [6.07, 6.45) is 3.03. The zero-order valence-corrected chi connectivity index (χ0v) is 17.0. The van der Waals surface area contributed by atoms with Crippen LogP contribution in [0.4, 0.5) is 14.5 Å². The Hall–Kier alpha value is -3.26. The van der Waals surface area contributed by atoms with Crippen LogP contribution in [0, 0.1) is 18.6 Å². The Morgan fingerprint density at radius 1 is 1.00 bits per heavy atom. The molecule has 5 nitrogen and oxygen atoms in total. The molecule has 8 heteroatoms. The second-order valence-electron chi connectivity index (χ2n) is 7.46. The van der Waals surface area contributed by atoms with E-state index in [9.17, 15) is 17.2 Å². The SMILES string of the molecule is Cc1ccc(S(=O)(=O)n2cc3c4c(ccnc42)-c2cc(F)c(F)cc2N(C)C3)cc1. The van der Waals surface area contributed by atoms with E-state index in [0.29, 0.717) is 34.3 Å². The lowest BCUT2D eigenvalue weighted by Gasteiger charge is -2.20. The molecule has 3 heterocycles. The van der Waals surface area contributed by atoms with Crippen molar-refractivity contribution in [2.24, 2.45) is 0 Å². The zero-order chi connectivity index (χ0) is 21.2. The standard InChI is InChI=1S/C22H17F2N3O2S/c1-13-3-5-15(6-4-13)30(28,29)27-12-14-11-26(2)20-10-19(24)18(23)9-17(20)16-7-8-25-22(27)21(14)16/h3-10,12H,11H2,1-2H3. The fraction of sp³-hybridized carbons (Fsp3) is 0.136. The van der Waals surface area contributed by atoms with Crippen LogP contribution in [0.2, 0.25) is 0 Å². The number of fused-ring (bicyclic) bond motifs is 2. The number of aromatic nitrogens is 2. The van der Waals surface area contributed by atoms with Gasteiger partial charge in [0.1, 0.15) is 0 Å². The number of anilines is 1. The summed E-state index contributed by atoms with van der Waals surface area (Å²) in [5.41, 5.74) is 3.57. The van der Waals surface area contributed by atoms with Gasteiger partial charge in [-0.05, 0) is 36.8 Å². The van der Waals surface area contributed by atoms with E-state index < -0.39 is 21.7 Å². The van der Waals surface area contributed by atoms with Crippen molar-refractivity contribution in [3.63, 3.8) is 0 Å². The zero-order valence-electron chi connectivity index (χ0n) is 16.2. The predicted molar refractivity (Wildman–Crippen MR) is 111 cm³/mol. The first-order valence-corrected chi connectivity index (χ1v) is 10.7. The molecular formula is C22H17F2N3O2S. The summed E-state index contributed by atoms with van der Waals surface area (Å²) in [6.45, 7) is 2.21. The summed E-state index contributed by atoms with van der Waals surface area (Å²) in [5.74, 6) is -1.88. The highest BCUT2D eigenvalue weighted by atomic mass is 32.2. The first-order valence-electron chi connectivity index (χ1n) is 9.29. The molecule has 0 N–H and O–H groups in total. The minimum Gasteiger partial charge on any atom is -0.370 e. The van der Waals surface area contributed by atoms with E-state index >= 15 is 0 Å². The van der Waals surface area contributed by atoms with Crippen LogP contribution in [0.15, 0.2) is 59.8 Å². The Labute approximate surface area is 172 Å². The van der Waals surface area contributed by atoms with E-state index in [1.165, 1.54) is 16.2 Å². The molecule has 2 aromatic heterocycles. The highest BCUT2D eigenvalue weighted by Crippen LogP contribution is 2.42. The summed E-state index contributed by atoms with van der Waals surface area (Å²) < 4.78 is 55.8. The first-order chi connectivity index (χ1) is 14.3. The second kappa shape index (κ2) is 6.37. The highest BCUT2D eigenvalue weighted by molar-refractivity contribution is 7.90. The van der Waals surface area contributed by atoms with E-state index in [1.807, 2.05) is 6.92 Å². The van der Waals surface area contributed by atoms with Gasteiger partial charge in [-0.1, -0.05) is 17.7 Å². The molecule has 0 spiro atoms. The van der Waals surface area contributed by atoms with E-state index in [1.54, 1.807) is 48.5 Å². The number of benzene rings is 2. The third-order valence-electron chi connectivity index (χ3n) is 5.46. The highest BCUT2D eigenvalue weighted by Gasteiger charge is 2.28. The van der Waals surface area contributed by atoms with Crippen molar-refractivity contribution in [3.05, 3.63) is 77.6 Å². The molecule has 0 bridgehead atoms. The summed E-state index contributed by atoms with van der Waals surface area (Å²) >= 11 is 0. The first kappa shape index (κ1) is 18.7. The molecule has 1 aliphatic rings. The number of hydrogen-bond acceptors (Lipinski definition) is 4. The molecule has 0 saturated heterocycles. The maximum atomic E-state index is 14.1. The van der Waals surface area contributed by atoms with E-state index in [-0.39, 0.29) is 10.5 Å². The molecule has 0 aliphatic carbocycles. The average Bonchev–Trinajstić information content (AvgIpc) is 3.04. The van der Waals surface area contributed by atoms with Crippen LogP contribution in [-0.4, -0.2) is 24.4 Å². The smallest absolute Gasteiger partial charge is 0.269 e. The summed E-state index contributed by atoms with van der Waals surface area (Å²) in [6, 6.07) is 10.6. The third kappa shape index (κ3) is 2.64.